The standard InChI is InChI=1S/C10H9BrFN5/c11-5-1-2-7(13)8(3-5)16-9-6(12)4-15-10(14)17-9/h1-4H,13H2,(H3,14,15,16,17). The quantitative estimate of drug-likeness (QED) is 0.740. The van der Waals surface area contributed by atoms with Crippen LogP contribution in [0.25, 0.3) is 0 Å². The van der Waals surface area contributed by atoms with Crippen LogP contribution in [0.5, 0.6) is 0 Å². The molecular weight excluding hydrogens is 289 g/mol. The molecule has 2 rings (SSSR count). The van der Waals surface area contributed by atoms with Gasteiger partial charge in [-0.2, -0.15) is 4.98 Å². The van der Waals surface area contributed by atoms with Gasteiger partial charge in [0.2, 0.25) is 5.95 Å². The Hall–Kier alpha value is -1.89. The Morgan fingerprint density at radius 3 is 2.82 bits per heavy atom. The molecule has 5 nitrogen and oxygen atoms in total. The van der Waals surface area contributed by atoms with E-state index in [2.05, 4.69) is 31.2 Å². The molecule has 0 saturated carbocycles. The molecule has 0 radical (unpaired) electrons. The number of rotatable bonds is 2. The van der Waals surface area contributed by atoms with Crippen molar-refractivity contribution in [1.82, 2.24) is 9.97 Å². The summed E-state index contributed by atoms with van der Waals surface area (Å²) in [6.45, 7) is 0. The average molecular weight is 298 g/mol. The highest BCUT2D eigenvalue weighted by molar-refractivity contribution is 9.10. The number of halogens is 2. The van der Waals surface area contributed by atoms with Crippen LogP contribution in [0, 0.1) is 5.82 Å². The van der Waals surface area contributed by atoms with Crippen LogP contribution in [0.4, 0.5) is 27.5 Å². The fourth-order valence-corrected chi connectivity index (χ4v) is 1.59. The van der Waals surface area contributed by atoms with E-state index in [-0.39, 0.29) is 11.8 Å². The van der Waals surface area contributed by atoms with Gasteiger partial charge in [0, 0.05) is 4.47 Å². The van der Waals surface area contributed by atoms with Crippen LogP contribution in [0.3, 0.4) is 0 Å². The molecule has 0 aliphatic heterocycles. The van der Waals surface area contributed by atoms with Gasteiger partial charge in [-0.05, 0) is 18.2 Å². The first-order valence-electron chi connectivity index (χ1n) is 4.66. The summed E-state index contributed by atoms with van der Waals surface area (Å²) in [7, 11) is 0. The molecule has 1 heterocycles. The van der Waals surface area contributed by atoms with Gasteiger partial charge in [0.15, 0.2) is 11.6 Å². The largest absolute Gasteiger partial charge is 0.397 e. The molecule has 5 N–H and O–H groups in total. The van der Waals surface area contributed by atoms with Crippen LogP contribution in [0.1, 0.15) is 0 Å². The lowest BCUT2D eigenvalue weighted by Gasteiger charge is -2.09. The third-order valence-corrected chi connectivity index (χ3v) is 2.52. The Labute approximate surface area is 105 Å². The first-order valence-corrected chi connectivity index (χ1v) is 5.45. The van der Waals surface area contributed by atoms with E-state index < -0.39 is 5.82 Å². The third kappa shape index (κ3) is 2.62. The zero-order valence-corrected chi connectivity index (χ0v) is 10.2. The summed E-state index contributed by atoms with van der Waals surface area (Å²) in [6.07, 6.45) is 0.999. The van der Waals surface area contributed by atoms with Gasteiger partial charge in [0.25, 0.3) is 0 Å². The molecule has 0 saturated heterocycles. The van der Waals surface area contributed by atoms with Crippen molar-refractivity contribution in [1.29, 1.82) is 0 Å². The van der Waals surface area contributed by atoms with E-state index in [1.807, 2.05) is 0 Å². The summed E-state index contributed by atoms with van der Waals surface area (Å²) in [4.78, 5) is 7.28. The van der Waals surface area contributed by atoms with Gasteiger partial charge in [-0.25, -0.2) is 9.37 Å². The number of nitrogens with zero attached hydrogens (tertiary/aromatic N) is 2. The van der Waals surface area contributed by atoms with Crippen LogP contribution in [0.2, 0.25) is 0 Å². The highest BCUT2D eigenvalue weighted by atomic mass is 79.9. The average Bonchev–Trinajstić information content (AvgIpc) is 2.28. The molecule has 0 fully saturated rings. The van der Waals surface area contributed by atoms with Gasteiger partial charge < -0.3 is 16.8 Å². The molecule has 17 heavy (non-hydrogen) atoms. The first-order chi connectivity index (χ1) is 8.06. The minimum absolute atomic E-state index is 0.0116. The van der Waals surface area contributed by atoms with Crippen LogP contribution in [0.15, 0.2) is 28.9 Å². The van der Waals surface area contributed by atoms with Gasteiger partial charge in [0.05, 0.1) is 17.6 Å². The van der Waals surface area contributed by atoms with E-state index in [0.29, 0.717) is 11.4 Å². The Balaban J connectivity index is 2.37. The van der Waals surface area contributed by atoms with Gasteiger partial charge >= 0.3 is 0 Å². The molecule has 0 spiro atoms. The Morgan fingerprint density at radius 2 is 2.06 bits per heavy atom. The van der Waals surface area contributed by atoms with E-state index in [0.717, 1.165) is 10.7 Å². The summed E-state index contributed by atoms with van der Waals surface area (Å²) < 4.78 is 14.2. The Kier molecular flexibility index (Phi) is 3.10. The molecule has 88 valence electrons. The zero-order chi connectivity index (χ0) is 12.4. The molecule has 0 unspecified atom stereocenters. The van der Waals surface area contributed by atoms with Gasteiger partial charge in [-0.15, -0.1) is 0 Å². The fourth-order valence-electron chi connectivity index (χ4n) is 1.23. The minimum Gasteiger partial charge on any atom is -0.397 e. The number of benzene rings is 1. The number of aromatic nitrogens is 2. The van der Waals surface area contributed by atoms with E-state index >= 15 is 0 Å². The van der Waals surface area contributed by atoms with Crippen molar-refractivity contribution in [2.24, 2.45) is 0 Å². The molecule has 0 amide bonds. The Morgan fingerprint density at radius 1 is 1.29 bits per heavy atom. The first kappa shape index (κ1) is 11.6. The third-order valence-electron chi connectivity index (χ3n) is 2.03. The number of nitrogens with two attached hydrogens (primary N) is 2. The van der Waals surface area contributed by atoms with Crippen LogP contribution in [-0.4, -0.2) is 9.97 Å². The van der Waals surface area contributed by atoms with Crippen molar-refractivity contribution >= 4 is 39.1 Å². The molecule has 2 aromatic rings. The van der Waals surface area contributed by atoms with E-state index in [1.165, 1.54) is 0 Å². The summed E-state index contributed by atoms with van der Waals surface area (Å²) in [5, 5.41) is 2.76. The van der Waals surface area contributed by atoms with E-state index in [9.17, 15) is 4.39 Å². The van der Waals surface area contributed by atoms with Gasteiger partial charge in [-0.1, -0.05) is 15.9 Å². The van der Waals surface area contributed by atoms with Gasteiger partial charge in [-0.3, -0.25) is 0 Å². The summed E-state index contributed by atoms with van der Waals surface area (Å²) in [5.74, 6) is -0.622. The second-order valence-electron chi connectivity index (χ2n) is 3.28. The van der Waals surface area contributed by atoms with Crippen molar-refractivity contribution in [2.75, 3.05) is 16.8 Å². The predicted octanol–water partition coefficient (Wildman–Crippen LogP) is 2.29. The second kappa shape index (κ2) is 4.54. The highest BCUT2D eigenvalue weighted by Gasteiger charge is 2.07. The van der Waals surface area contributed by atoms with Crippen molar-refractivity contribution in [2.45, 2.75) is 0 Å². The number of hydrogen-bond donors (Lipinski definition) is 3. The second-order valence-corrected chi connectivity index (χ2v) is 4.20. The smallest absolute Gasteiger partial charge is 0.222 e. The van der Waals surface area contributed by atoms with Crippen molar-refractivity contribution in [3.8, 4) is 0 Å². The van der Waals surface area contributed by atoms with Crippen LogP contribution < -0.4 is 16.8 Å². The summed E-state index contributed by atoms with van der Waals surface area (Å²) in [6, 6.07) is 5.19. The Bertz CT molecular complexity index is 511. The molecule has 0 atom stereocenters. The molecule has 0 aliphatic carbocycles. The fraction of sp³-hybridized carbons (Fsp3) is 0. The lowest BCUT2D eigenvalue weighted by atomic mass is 10.2. The van der Waals surface area contributed by atoms with Gasteiger partial charge in [0.1, 0.15) is 0 Å². The van der Waals surface area contributed by atoms with Crippen molar-refractivity contribution in [3.05, 3.63) is 34.7 Å². The lowest BCUT2D eigenvalue weighted by molar-refractivity contribution is 0.620. The maximum Gasteiger partial charge on any atom is 0.222 e. The maximum absolute atomic E-state index is 13.4. The molecule has 1 aromatic heterocycles. The number of nitrogen functional groups attached to an aromatic ring is 2. The lowest BCUT2D eigenvalue weighted by Crippen LogP contribution is -2.04. The molecule has 7 heteroatoms. The van der Waals surface area contributed by atoms with Crippen molar-refractivity contribution in [3.63, 3.8) is 0 Å². The minimum atomic E-state index is -0.599. The monoisotopic (exact) mass is 297 g/mol. The highest BCUT2D eigenvalue weighted by Crippen LogP contribution is 2.26. The molecule has 0 aliphatic rings. The van der Waals surface area contributed by atoms with E-state index in [4.69, 9.17) is 11.5 Å². The number of hydrogen-bond acceptors (Lipinski definition) is 5. The van der Waals surface area contributed by atoms with Crippen molar-refractivity contribution < 1.29 is 4.39 Å². The molecule has 0 bridgehead atoms. The summed E-state index contributed by atoms with van der Waals surface area (Å²) >= 11 is 3.30. The SMILES string of the molecule is Nc1ncc(F)c(Nc2cc(Br)ccc2N)n1. The van der Waals surface area contributed by atoms with Crippen LogP contribution in [-0.2, 0) is 0 Å². The molecular formula is C10H9BrFN5. The van der Waals surface area contributed by atoms with Crippen LogP contribution >= 0.6 is 15.9 Å². The number of nitrogens with one attached hydrogen (secondary N) is 1. The maximum atomic E-state index is 13.4. The topological polar surface area (TPSA) is 89.8 Å². The molecule has 1 aromatic carbocycles. The number of anilines is 4. The zero-order valence-electron chi connectivity index (χ0n) is 8.61. The van der Waals surface area contributed by atoms with E-state index in [1.54, 1.807) is 18.2 Å². The normalized spacial score (nSPS) is 10.2. The predicted molar refractivity (Wildman–Crippen MR) is 68.2 cm³/mol. The summed E-state index contributed by atoms with van der Waals surface area (Å²) in [5.41, 5.74) is 12.1.